The smallest absolute Gasteiger partial charge is 0.309 e. The predicted molar refractivity (Wildman–Crippen MR) is 40.4 cm³/mol. The summed E-state index contributed by atoms with van der Waals surface area (Å²) in [5.41, 5.74) is 0. The Morgan fingerprint density at radius 1 is 1.50 bits per heavy atom. The quantitative estimate of drug-likeness (QED) is 0.338. The molecule has 0 fully saturated rings. The van der Waals surface area contributed by atoms with Crippen molar-refractivity contribution in [1.29, 1.82) is 0 Å². The molecule has 57 valence electrons. The lowest BCUT2D eigenvalue weighted by Crippen LogP contribution is -1.99. The van der Waals surface area contributed by atoms with Crippen molar-refractivity contribution in [2.75, 3.05) is 7.11 Å². The van der Waals surface area contributed by atoms with Crippen LogP contribution in [0, 0.1) is 6.42 Å². The highest BCUT2D eigenvalue weighted by Crippen LogP contribution is 1.96. The summed E-state index contributed by atoms with van der Waals surface area (Å²) in [5, 5.41) is 0. The zero-order chi connectivity index (χ0) is 7.82. The Kier molecular flexibility index (Phi) is 5.83. The van der Waals surface area contributed by atoms with E-state index in [1.165, 1.54) is 7.11 Å². The second kappa shape index (κ2) is 6.33. The van der Waals surface area contributed by atoms with E-state index in [2.05, 4.69) is 4.74 Å². The maximum absolute atomic E-state index is 10.5. The maximum Gasteiger partial charge on any atom is 0.309 e. The highest BCUT2D eigenvalue weighted by Gasteiger charge is 1.96. The Bertz CT molecular complexity index is 116. The first-order valence-corrected chi connectivity index (χ1v) is 3.33. The molecule has 0 spiro atoms. The summed E-state index contributed by atoms with van der Waals surface area (Å²) >= 11 is 0. The normalized spacial score (nSPS) is 10.2. The van der Waals surface area contributed by atoms with Crippen molar-refractivity contribution >= 4 is 5.97 Å². The van der Waals surface area contributed by atoms with Gasteiger partial charge in [0, 0.05) is 0 Å². The van der Waals surface area contributed by atoms with Crippen LogP contribution in [-0.2, 0) is 9.53 Å². The molecule has 0 rings (SSSR count). The molecule has 0 aromatic rings. The number of ether oxygens (including phenoxy) is 1. The first-order chi connectivity index (χ1) is 4.81. The summed E-state index contributed by atoms with van der Waals surface area (Å²) in [7, 11) is 1.38. The van der Waals surface area contributed by atoms with Crippen molar-refractivity contribution in [2.45, 2.75) is 19.8 Å². The third-order valence-corrected chi connectivity index (χ3v) is 1.08. The third-order valence-electron chi connectivity index (χ3n) is 1.08. The van der Waals surface area contributed by atoms with Gasteiger partial charge >= 0.3 is 5.97 Å². The number of unbranched alkanes of at least 4 members (excludes halogenated alkanes) is 1. The van der Waals surface area contributed by atoms with Crippen molar-refractivity contribution in [3.8, 4) is 0 Å². The van der Waals surface area contributed by atoms with E-state index in [4.69, 9.17) is 0 Å². The van der Waals surface area contributed by atoms with Gasteiger partial charge in [-0.15, -0.1) is 0 Å². The fourth-order valence-electron chi connectivity index (χ4n) is 0.547. The topological polar surface area (TPSA) is 26.3 Å². The molecular weight excluding hydrogens is 128 g/mol. The monoisotopic (exact) mass is 141 g/mol. The predicted octanol–water partition coefficient (Wildman–Crippen LogP) is 1.72. The molecule has 0 aliphatic heterocycles. The fourth-order valence-corrected chi connectivity index (χ4v) is 0.547. The van der Waals surface area contributed by atoms with E-state index >= 15 is 0 Å². The van der Waals surface area contributed by atoms with E-state index in [1.54, 1.807) is 6.42 Å². The average molecular weight is 141 g/mol. The number of hydrogen-bond donors (Lipinski definition) is 0. The fraction of sp³-hybridized carbons (Fsp3) is 0.500. The number of carbonyl (C=O) groups excluding carboxylic acids is 1. The summed E-state index contributed by atoms with van der Waals surface area (Å²) in [6, 6.07) is 0. The highest BCUT2D eigenvalue weighted by molar-refractivity contribution is 5.78. The second-order valence-electron chi connectivity index (χ2n) is 1.87. The summed E-state index contributed by atoms with van der Waals surface area (Å²) < 4.78 is 4.41. The van der Waals surface area contributed by atoms with Crippen LogP contribution >= 0.6 is 0 Å². The largest absolute Gasteiger partial charge is 0.469 e. The van der Waals surface area contributed by atoms with Gasteiger partial charge < -0.3 is 4.74 Å². The van der Waals surface area contributed by atoms with Crippen LogP contribution in [0.15, 0.2) is 12.2 Å². The molecule has 0 aromatic carbocycles. The van der Waals surface area contributed by atoms with Crippen molar-refractivity contribution in [3.05, 3.63) is 18.6 Å². The van der Waals surface area contributed by atoms with Crippen molar-refractivity contribution in [1.82, 2.24) is 0 Å². The van der Waals surface area contributed by atoms with Crippen LogP contribution in [0.25, 0.3) is 0 Å². The molecule has 0 saturated carbocycles. The molecule has 0 heterocycles. The van der Waals surface area contributed by atoms with Gasteiger partial charge in [-0.05, 0) is 19.8 Å². The van der Waals surface area contributed by atoms with E-state index < -0.39 is 0 Å². The van der Waals surface area contributed by atoms with Crippen molar-refractivity contribution in [3.63, 3.8) is 0 Å². The second-order valence-corrected chi connectivity index (χ2v) is 1.87. The number of allylic oxidation sites excluding steroid dienone is 2. The van der Waals surface area contributed by atoms with Gasteiger partial charge in [0.2, 0.25) is 0 Å². The molecule has 0 N–H and O–H groups in total. The SMILES string of the molecule is C/C=C/CC[CH]C(=O)OC. The summed E-state index contributed by atoms with van der Waals surface area (Å²) in [6.45, 7) is 1.96. The van der Waals surface area contributed by atoms with Crippen LogP contribution in [-0.4, -0.2) is 13.1 Å². The van der Waals surface area contributed by atoms with Crippen molar-refractivity contribution < 1.29 is 9.53 Å². The molecule has 0 atom stereocenters. The summed E-state index contributed by atoms with van der Waals surface area (Å²) in [6.07, 6.45) is 7.19. The molecular formula is C8H13O2. The van der Waals surface area contributed by atoms with Crippen molar-refractivity contribution in [2.24, 2.45) is 0 Å². The molecule has 0 amide bonds. The van der Waals surface area contributed by atoms with Gasteiger partial charge in [0.15, 0.2) is 0 Å². The summed E-state index contributed by atoms with van der Waals surface area (Å²) in [5.74, 6) is -0.246. The molecule has 2 nitrogen and oxygen atoms in total. The number of esters is 1. The molecule has 0 saturated heterocycles. The first kappa shape index (κ1) is 9.21. The molecule has 0 aliphatic rings. The van der Waals surface area contributed by atoms with Gasteiger partial charge in [-0.3, -0.25) is 4.79 Å². The highest BCUT2D eigenvalue weighted by atomic mass is 16.5. The van der Waals surface area contributed by atoms with E-state index in [1.807, 2.05) is 19.1 Å². The van der Waals surface area contributed by atoms with Gasteiger partial charge in [-0.1, -0.05) is 12.2 Å². The third kappa shape index (κ3) is 5.35. The first-order valence-electron chi connectivity index (χ1n) is 3.33. The van der Waals surface area contributed by atoms with Crippen LogP contribution < -0.4 is 0 Å². The van der Waals surface area contributed by atoms with E-state index in [9.17, 15) is 4.79 Å². The number of methoxy groups -OCH3 is 1. The zero-order valence-electron chi connectivity index (χ0n) is 6.46. The van der Waals surface area contributed by atoms with E-state index in [0.29, 0.717) is 0 Å². The molecule has 0 aliphatic carbocycles. The minimum Gasteiger partial charge on any atom is -0.469 e. The Hall–Kier alpha value is -0.790. The van der Waals surface area contributed by atoms with Gasteiger partial charge in [0.1, 0.15) is 0 Å². The Labute approximate surface area is 61.9 Å². The Morgan fingerprint density at radius 3 is 2.70 bits per heavy atom. The van der Waals surface area contributed by atoms with Crippen LogP contribution in [0.3, 0.4) is 0 Å². The van der Waals surface area contributed by atoms with Gasteiger partial charge in [-0.25, -0.2) is 0 Å². The van der Waals surface area contributed by atoms with Crippen LogP contribution in [0.1, 0.15) is 19.8 Å². The Morgan fingerprint density at radius 2 is 2.20 bits per heavy atom. The molecule has 2 heteroatoms. The number of carbonyl (C=O) groups is 1. The van der Waals surface area contributed by atoms with E-state index in [-0.39, 0.29) is 5.97 Å². The van der Waals surface area contributed by atoms with E-state index in [0.717, 1.165) is 12.8 Å². The lowest BCUT2D eigenvalue weighted by Gasteiger charge is -1.94. The molecule has 10 heavy (non-hydrogen) atoms. The van der Waals surface area contributed by atoms with Crippen LogP contribution in [0.5, 0.6) is 0 Å². The lowest BCUT2D eigenvalue weighted by atomic mass is 10.2. The van der Waals surface area contributed by atoms with Gasteiger partial charge in [0.05, 0.1) is 13.5 Å². The minimum atomic E-state index is -0.246. The average Bonchev–Trinajstić information content (AvgIpc) is 1.98. The molecule has 0 aromatic heterocycles. The lowest BCUT2D eigenvalue weighted by molar-refractivity contribution is -0.136. The molecule has 0 unspecified atom stereocenters. The standard InChI is InChI=1S/C8H13O2/c1-3-4-5-6-7-8(9)10-2/h3-4,7H,5-6H2,1-2H3/b4-3+. The number of hydrogen-bond acceptors (Lipinski definition) is 2. The Balaban J connectivity index is 3.11. The maximum atomic E-state index is 10.5. The van der Waals surface area contributed by atoms with Crippen LogP contribution in [0.2, 0.25) is 0 Å². The zero-order valence-corrected chi connectivity index (χ0v) is 6.46. The number of rotatable bonds is 4. The van der Waals surface area contributed by atoms with Gasteiger partial charge in [0.25, 0.3) is 0 Å². The molecule has 1 radical (unpaired) electrons. The summed E-state index contributed by atoms with van der Waals surface area (Å²) in [4.78, 5) is 10.5. The van der Waals surface area contributed by atoms with Crippen LogP contribution in [0.4, 0.5) is 0 Å². The molecule has 0 bridgehead atoms. The van der Waals surface area contributed by atoms with Gasteiger partial charge in [-0.2, -0.15) is 0 Å². The minimum absolute atomic E-state index is 0.246.